The molecule has 4 rings (SSSR count). The first-order valence-electron chi connectivity index (χ1n) is 10.4. The third-order valence-electron chi connectivity index (χ3n) is 4.60. The monoisotopic (exact) mass is 500 g/mol. The van der Waals surface area contributed by atoms with Crippen LogP contribution in [-0.4, -0.2) is 52.3 Å². The number of pyridine rings is 2. The Balaban J connectivity index is 0.000000240. The van der Waals surface area contributed by atoms with Crippen LogP contribution in [0, 0.1) is 12.8 Å². The van der Waals surface area contributed by atoms with E-state index in [1.807, 2.05) is 36.4 Å². The third kappa shape index (κ3) is 8.63. The maximum atomic E-state index is 9.81. The van der Waals surface area contributed by atoms with E-state index in [0.29, 0.717) is 22.3 Å². The first-order valence-corrected chi connectivity index (χ1v) is 10.4. The van der Waals surface area contributed by atoms with Crippen LogP contribution in [0.3, 0.4) is 0 Å². The minimum absolute atomic E-state index is 0. The van der Waals surface area contributed by atoms with Crippen LogP contribution in [0.5, 0.6) is 0 Å². The van der Waals surface area contributed by atoms with Crippen LogP contribution in [-0.2, 0) is 21.7 Å². The molecule has 2 aromatic carbocycles. The van der Waals surface area contributed by atoms with E-state index < -0.39 is 0 Å². The minimum Gasteiger partial charge on any atom is -0.249 e. The Labute approximate surface area is 218 Å². The summed E-state index contributed by atoms with van der Waals surface area (Å²) < 4.78 is 0. The summed E-state index contributed by atoms with van der Waals surface area (Å²) in [5.74, 6) is 0.0119. The summed E-state index contributed by atoms with van der Waals surface area (Å²) in [7, 11) is 0. The van der Waals surface area contributed by atoms with E-state index >= 15 is 0 Å². The normalized spacial score (nSPS) is 9.37. The molecule has 0 atom stereocenters. The summed E-state index contributed by atoms with van der Waals surface area (Å²) in [6, 6.07) is 25.0. The molecule has 0 bridgehead atoms. The molecule has 0 spiro atoms. The van der Waals surface area contributed by atoms with Gasteiger partial charge in [-0.1, -0.05) is 12.1 Å². The molecule has 2 heterocycles. The van der Waals surface area contributed by atoms with Gasteiger partial charge in [0.15, 0.2) is 22.3 Å². The quantitative estimate of drug-likeness (QED) is 0.121. The van der Waals surface area contributed by atoms with Gasteiger partial charge in [-0.2, -0.15) is 0 Å². The summed E-state index contributed by atoms with van der Waals surface area (Å²) >= 11 is 0. The van der Waals surface area contributed by atoms with Crippen molar-refractivity contribution in [2.45, 2.75) is 0 Å². The van der Waals surface area contributed by atoms with Crippen molar-refractivity contribution in [1.82, 2.24) is 9.97 Å². The molecule has 4 N–H and O–H groups in total. The van der Waals surface area contributed by atoms with Gasteiger partial charge < -0.3 is 0 Å². The third-order valence-corrected chi connectivity index (χ3v) is 4.60. The van der Waals surface area contributed by atoms with Crippen LogP contribution in [0.2, 0.25) is 0 Å². The standard InChI is InChI=1S/2C14H10NO2.Ti/c2*16-13(11-5-2-1-3-6-11)9-14(17)12-7-4-8-15-10-12;/h2*1-10H;/q2*+1;/p+4. The Morgan fingerprint density at radius 3 is 1.09 bits per heavy atom. The van der Waals surface area contributed by atoms with Crippen molar-refractivity contribution in [1.29, 1.82) is 0 Å². The van der Waals surface area contributed by atoms with Crippen LogP contribution < -0.4 is 0 Å². The molecule has 0 saturated carbocycles. The van der Waals surface area contributed by atoms with Gasteiger partial charge in [-0.15, -0.1) is 0 Å². The first-order chi connectivity index (χ1) is 16.5. The summed E-state index contributed by atoms with van der Waals surface area (Å²) in [5, 5.41) is 0. The maximum Gasteiger partial charge on any atom is 0.463 e. The average Bonchev–Trinajstić information content (AvgIpc) is 2.91. The second-order valence-electron chi connectivity index (χ2n) is 7.05. The van der Waals surface area contributed by atoms with E-state index in [4.69, 9.17) is 0 Å². The summed E-state index contributed by atoms with van der Waals surface area (Å²) in [5.41, 5.74) is 2.44. The van der Waals surface area contributed by atoms with Gasteiger partial charge in [-0.05, 0) is 36.4 Å². The molecule has 2 aromatic heterocycles. The van der Waals surface area contributed by atoms with Crippen LogP contribution in [0.4, 0.5) is 0 Å². The molecule has 6 nitrogen and oxygen atoms in total. The summed E-state index contributed by atoms with van der Waals surface area (Å²) in [4.78, 5) is 47.0. The molecule has 168 valence electrons. The number of ketones is 4. The molecule has 0 aliphatic carbocycles. The summed E-state index contributed by atoms with van der Waals surface area (Å²) in [6.07, 6.45) is 8.93. The fraction of sp³-hybridized carbons (Fsp3) is 0. The fourth-order valence-corrected chi connectivity index (χ4v) is 2.84. The maximum absolute atomic E-state index is 9.81. The molecule has 4 aromatic rings. The Kier molecular flexibility index (Phi) is 11.0. The predicted molar refractivity (Wildman–Crippen MR) is 134 cm³/mol. The molecule has 0 unspecified atom stereocenters. The molecule has 0 aliphatic rings. The van der Waals surface area contributed by atoms with Gasteiger partial charge in [0.1, 0.15) is 0 Å². The van der Waals surface area contributed by atoms with Crippen LogP contribution in [0.15, 0.2) is 110 Å². The average molecular weight is 500 g/mol. The van der Waals surface area contributed by atoms with Gasteiger partial charge in [-0.3, -0.25) is 0 Å². The number of carbonyl (C=O) groups excluding carboxylic acids is 4. The molecular formula is C28H24N2O4Ti+6. The largest absolute Gasteiger partial charge is 0.463 e. The van der Waals surface area contributed by atoms with Crippen molar-refractivity contribution >= 4 is 23.1 Å². The molecule has 0 radical (unpaired) electrons. The van der Waals surface area contributed by atoms with Gasteiger partial charge in [0.25, 0.3) is 12.8 Å². The Morgan fingerprint density at radius 2 is 0.771 bits per heavy atom. The van der Waals surface area contributed by atoms with Gasteiger partial charge in [0, 0.05) is 70.5 Å². The molecule has 0 fully saturated rings. The van der Waals surface area contributed by atoms with Crippen LogP contribution >= 0.6 is 0 Å². The molecule has 0 saturated heterocycles. The number of benzene rings is 2. The van der Waals surface area contributed by atoms with Crippen molar-refractivity contribution in [3.63, 3.8) is 0 Å². The van der Waals surface area contributed by atoms with Gasteiger partial charge in [0.2, 0.25) is 0 Å². The Hall–Kier alpha value is -4.13. The Bertz CT molecular complexity index is 1050. The predicted octanol–water partition coefficient (Wildman–Crippen LogP) is 3.54. The zero-order valence-electron chi connectivity index (χ0n) is 18.7. The Morgan fingerprint density at radius 1 is 0.457 bits per heavy atom. The smallest absolute Gasteiger partial charge is 0.249 e. The van der Waals surface area contributed by atoms with Crippen LogP contribution in [0.1, 0.15) is 22.3 Å². The van der Waals surface area contributed by atoms with E-state index in [1.54, 1.807) is 60.9 Å². The van der Waals surface area contributed by atoms with E-state index in [1.165, 1.54) is 25.2 Å². The zero-order chi connectivity index (χ0) is 24.2. The molecule has 35 heavy (non-hydrogen) atoms. The molecule has 0 amide bonds. The van der Waals surface area contributed by atoms with Gasteiger partial charge >= 0.3 is 23.1 Å². The summed E-state index contributed by atoms with van der Waals surface area (Å²) in [6.45, 7) is 0. The second kappa shape index (κ2) is 14.2. The van der Waals surface area contributed by atoms with Crippen molar-refractivity contribution < 1.29 is 40.9 Å². The van der Waals surface area contributed by atoms with Crippen molar-refractivity contribution in [3.8, 4) is 0 Å². The molecule has 0 aliphatic heterocycles. The second-order valence-corrected chi connectivity index (χ2v) is 7.05. The minimum atomic E-state index is -0.0144. The van der Waals surface area contributed by atoms with E-state index in [-0.39, 0.29) is 44.9 Å². The van der Waals surface area contributed by atoms with Crippen LogP contribution in [0.25, 0.3) is 0 Å². The van der Waals surface area contributed by atoms with E-state index in [9.17, 15) is 19.2 Å². The topological polar surface area (TPSA) is 111 Å². The number of nitrogens with zero attached hydrogens (tertiary/aromatic N) is 2. The van der Waals surface area contributed by atoms with Crippen molar-refractivity contribution in [2.75, 3.05) is 0 Å². The molecular weight excluding hydrogens is 476 g/mol. The number of aromatic nitrogens is 2. The number of rotatable bonds is 8. The van der Waals surface area contributed by atoms with Gasteiger partial charge in [-0.25, -0.2) is 29.1 Å². The van der Waals surface area contributed by atoms with Gasteiger partial charge in [0.05, 0.1) is 12.4 Å². The van der Waals surface area contributed by atoms with Crippen molar-refractivity contribution in [3.05, 3.63) is 145 Å². The number of hydrogen-bond acceptors (Lipinski definition) is 2. The SMILES string of the molecule is [OH+]=C([CH+]C(=[OH+])c1cccnc1)c1ccccc1.[OH+]=C([CH+]C(=[OH+])c1cccnc1)c1ccccc1.[Ti]. The van der Waals surface area contributed by atoms with E-state index in [2.05, 4.69) is 9.97 Å². The first kappa shape index (κ1) is 27.1. The van der Waals surface area contributed by atoms with E-state index in [0.717, 1.165) is 0 Å². The number of hydrogen-bond donors (Lipinski definition) is 0. The van der Waals surface area contributed by atoms with Crippen molar-refractivity contribution in [2.24, 2.45) is 0 Å². The molecule has 7 heteroatoms. The zero-order valence-corrected chi connectivity index (χ0v) is 20.3. The fourth-order valence-electron chi connectivity index (χ4n) is 2.84.